The highest BCUT2D eigenvalue weighted by Gasteiger charge is 2.29. The van der Waals surface area contributed by atoms with E-state index in [2.05, 4.69) is 10.1 Å². The number of alkyl halides is 3. The lowest BCUT2D eigenvalue weighted by Crippen LogP contribution is -2.20. The fraction of sp³-hybridized carbons (Fsp3) is 0.667. The molecule has 0 saturated heterocycles. The van der Waals surface area contributed by atoms with E-state index in [0.29, 0.717) is 12.2 Å². The lowest BCUT2D eigenvalue weighted by Gasteiger charge is -2.07. The Kier molecular flexibility index (Phi) is 5.81. The van der Waals surface area contributed by atoms with Crippen molar-refractivity contribution < 1.29 is 22.7 Å². The molecule has 88 valence electrons. The Labute approximate surface area is 86.3 Å². The highest BCUT2D eigenvalue weighted by Crippen LogP contribution is 2.14. The van der Waals surface area contributed by atoms with E-state index in [1.165, 1.54) is 0 Å². The summed E-state index contributed by atoms with van der Waals surface area (Å²) in [4.78, 5) is 10.8. The van der Waals surface area contributed by atoms with Gasteiger partial charge in [0.05, 0.1) is 0 Å². The highest BCUT2D eigenvalue weighted by atomic mass is 19.4. The van der Waals surface area contributed by atoms with Gasteiger partial charge in [0.15, 0.2) is 6.61 Å². The first-order chi connectivity index (χ1) is 6.85. The minimum absolute atomic E-state index is 0.490. The van der Waals surface area contributed by atoms with Crippen LogP contribution in [0.25, 0.3) is 0 Å². The van der Waals surface area contributed by atoms with Crippen LogP contribution in [0.1, 0.15) is 20.3 Å². The number of ether oxygens (including phenoxy) is 1. The summed E-state index contributed by atoms with van der Waals surface area (Å²) in [5.74, 6) is -0.992. The highest BCUT2D eigenvalue weighted by molar-refractivity contribution is 5.82. The summed E-state index contributed by atoms with van der Waals surface area (Å²) >= 11 is 0. The molecule has 0 aliphatic carbocycles. The van der Waals surface area contributed by atoms with Crippen molar-refractivity contribution in [3.8, 4) is 0 Å². The molecule has 0 aromatic heterocycles. The summed E-state index contributed by atoms with van der Waals surface area (Å²) in [5, 5.41) is 2.84. The number of hydrogen-bond donors (Lipinski definition) is 1. The second-order valence-electron chi connectivity index (χ2n) is 2.98. The normalized spacial score (nSPS) is 12.5. The van der Waals surface area contributed by atoms with Gasteiger partial charge in [-0.1, -0.05) is 6.92 Å². The number of esters is 1. The van der Waals surface area contributed by atoms with Gasteiger partial charge in [-0.05, 0) is 13.3 Å². The lowest BCUT2D eigenvalue weighted by atomic mass is 10.4. The molecule has 0 aromatic rings. The quantitative estimate of drug-likeness (QED) is 0.574. The number of halogens is 3. The molecule has 0 unspecified atom stereocenters. The summed E-state index contributed by atoms with van der Waals surface area (Å²) in [5.41, 5.74) is 0.490. The second kappa shape index (κ2) is 6.31. The topological polar surface area (TPSA) is 38.3 Å². The zero-order valence-corrected chi connectivity index (χ0v) is 8.65. The van der Waals surface area contributed by atoms with Gasteiger partial charge in [0, 0.05) is 18.3 Å². The van der Waals surface area contributed by atoms with Crippen LogP contribution in [0.3, 0.4) is 0 Å². The molecule has 3 nitrogen and oxygen atoms in total. The van der Waals surface area contributed by atoms with Gasteiger partial charge in [-0.2, -0.15) is 13.2 Å². The van der Waals surface area contributed by atoms with Crippen LogP contribution in [0, 0.1) is 0 Å². The molecule has 0 spiro atoms. The van der Waals surface area contributed by atoms with Crippen LogP contribution in [0.2, 0.25) is 0 Å². The fourth-order valence-corrected chi connectivity index (χ4v) is 0.745. The van der Waals surface area contributed by atoms with Gasteiger partial charge >= 0.3 is 12.1 Å². The molecule has 0 bridgehead atoms. The first kappa shape index (κ1) is 13.8. The van der Waals surface area contributed by atoms with Gasteiger partial charge in [0.25, 0.3) is 0 Å². The van der Waals surface area contributed by atoms with Gasteiger partial charge in [-0.25, -0.2) is 4.79 Å². The Balaban J connectivity index is 3.91. The molecular weight excluding hydrogens is 211 g/mol. The maximum atomic E-state index is 11.6. The predicted molar refractivity (Wildman–Crippen MR) is 49.1 cm³/mol. The summed E-state index contributed by atoms with van der Waals surface area (Å²) in [6.45, 7) is 2.63. The lowest BCUT2D eigenvalue weighted by molar-refractivity contribution is -0.182. The Morgan fingerprint density at radius 2 is 2.07 bits per heavy atom. The van der Waals surface area contributed by atoms with E-state index in [-0.39, 0.29) is 0 Å². The average molecular weight is 225 g/mol. The first-order valence-corrected chi connectivity index (χ1v) is 4.51. The van der Waals surface area contributed by atoms with Crippen molar-refractivity contribution in [2.75, 3.05) is 13.2 Å². The Morgan fingerprint density at radius 1 is 1.47 bits per heavy atom. The molecule has 6 heteroatoms. The van der Waals surface area contributed by atoms with Crippen molar-refractivity contribution in [1.82, 2.24) is 5.32 Å². The third kappa shape index (κ3) is 9.11. The maximum absolute atomic E-state index is 11.6. The summed E-state index contributed by atoms with van der Waals surface area (Å²) in [6, 6.07) is 0. The van der Waals surface area contributed by atoms with Crippen LogP contribution in [-0.2, 0) is 9.53 Å². The van der Waals surface area contributed by atoms with Gasteiger partial charge in [-0.3, -0.25) is 0 Å². The van der Waals surface area contributed by atoms with Gasteiger partial charge in [0.2, 0.25) is 0 Å². The van der Waals surface area contributed by atoms with Gasteiger partial charge in [-0.15, -0.1) is 0 Å². The molecule has 1 N–H and O–H groups in total. The molecule has 0 rings (SSSR count). The molecule has 15 heavy (non-hydrogen) atoms. The predicted octanol–water partition coefficient (Wildman–Crippen LogP) is 2.00. The number of nitrogens with one attached hydrogen (secondary N) is 1. The zero-order chi connectivity index (χ0) is 11.9. The molecule has 0 saturated carbocycles. The number of hydrogen-bond acceptors (Lipinski definition) is 3. The van der Waals surface area contributed by atoms with Crippen LogP contribution in [-0.4, -0.2) is 25.3 Å². The van der Waals surface area contributed by atoms with E-state index in [1.807, 2.05) is 6.92 Å². The molecule has 0 aliphatic heterocycles. The van der Waals surface area contributed by atoms with Crippen molar-refractivity contribution in [1.29, 1.82) is 0 Å². The molecule has 0 fully saturated rings. The van der Waals surface area contributed by atoms with Crippen molar-refractivity contribution in [3.05, 3.63) is 11.8 Å². The minimum atomic E-state index is -4.48. The molecule has 0 amide bonds. The molecule has 0 aromatic carbocycles. The average Bonchev–Trinajstić information content (AvgIpc) is 2.10. The summed E-state index contributed by atoms with van der Waals surface area (Å²) in [6.07, 6.45) is -2.61. The van der Waals surface area contributed by atoms with Crippen LogP contribution < -0.4 is 5.32 Å². The molecule has 0 radical (unpaired) electrons. The van der Waals surface area contributed by atoms with Crippen molar-refractivity contribution >= 4 is 5.97 Å². The first-order valence-electron chi connectivity index (χ1n) is 4.51. The van der Waals surface area contributed by atoms with Gasteiger partial charge in [0.1, 0.15) is 0 Å². The third-order valence-corrected chi connectivity index (χ3v) is 1.37. The third-order valence-electron chi connectivity index (χ3n) is 1.37. The van der Waals surface area contributed by atoms with E-state index < -0.39 is 18.8 Å². The summed E-state index contributed by atoms with van der Waals surface area (Å²) < 4.78 is 38.9. The van der Waals surface area contributed by atoms with Gasteiger partial charge < -0.3 is 10.1 Å². The molecule has 0 heterocycles. The number of carbonyl (C=O) groups is 1. The van der Waals surface area contributed by atoms with Crippen molar-refractivity contribution in [2.45, 2.75) is 26.4 Å². The van der Waals surface area contributed by atoms with E-state index in [1.54, 1.807) is 6.92 Å². The molecule has 0 aliphatic rings. The maximum Gasteiger partial charge on any atom is 0.422 e. The summed E-state index contributed by atoms with van der Waals surface area (Å²) in [7, 11) is 0. The second-order valence-corrected chi connectivity index (χ2v) is 2.98. The van der Waals surface area contributed by atoms with Crippen molar-refractivity contribution in [2.24, 2.45) is 0 Å². The smallest absolute Gasteiger partial charge is 0.422 e. The van der Waals surface area contributed by atoms with E-state index in [4.69, 9.17) is 0 Å². The Hall–Kier alpha value is -1.20. The zero-order valence-electron chi connectivity index (χ0n) is 8.65. The van der Waals surface area contributed by atoms with Crippen LogP contribution in [0.15, 0.2) is 11.8 Å². The fourth-order valence-electron chi connectivity index (χ4n) is 0.745. The largest absolute Gasteiger partial charge is 0.453 e. The van der Waals surface area contributed by atoms with E-state index in [9.17, 15) is 18.0 Å². The van der Waals surface area contributed by atoms with E-state index in [0.717, 1.165) is 12.5 Å². The van der Waals surface area contributed by atoms with E-state index >= 15 is 0 Å². The van der Waals surface area contributed by atoms with Crippen molar-refractivity contribution in [3.63, 3.8) is 0 Å². The number of rotatable bonds is 5. The standard InChI is InChI=1S/C9H14F3NO2/c1-3-4-13-7(2)5-8(14)15-6-9(10,11)12/h5,13H,3-4,6H2,1-2H3/b7-5+. The Bertz CT molecular complexity index is 236. The number of carbonyl (C=O) groups excluding carboxylic acids is 1. The molecular formula is C9H14F3NO2. The van der Waals surface area contributed by atoms with Crippen LogP contribution >= 0.6 is 0 Å². The SMILES string of the molecule is CCCN/C(C)=C/C(=O)OCC(F)(F)F. The Morgan fingerprint density at radius 3 is 2.53 bits per heavy atom. The monoisotopic (exact) mass is 225 g/mol. The van der Waals surface area contributed by atoms with Crippen LogP contribution in [0.4, 0.5) is 13.2 Å². The minimum Gasteiger partial charge on any atom is -0.453 e. The molecule has 0 atom stereocenters. The number of allylic oxidation sites excluding steroid dienone is 1. The van der Waals surface area contributed by atoms with Crippen LogP contribution in [0.5, 0.6) is 0 Å².